The summed E-state index contributed by atoms with van der Waals surface area (Å²) >= 11 is 0. The largest absolute Gasteiger partial charge is 0.496 e. The normalized spacial score (nSPS) is 13.2. The highest BCUT2D eigenvalue weighted by Gasteiger charge is 2.21. The minimum absolute atomic E-state index is 0.0655. The van der Waals surface area contributed by atoms with Gasteiger partial charge < -0.3 is 14.9 Å². The van der Waals surface area contributed by atoms with E-state index in [1.165, 1.54) is 7.11 Å². The maximum Gasteiger partial charge on any atom is 0.306 e. The van der Waals surface area contributed by atoms with Gasteiger partial charge in [-0.3, -0.25) is 4.79 Å². The van der Waals surface area contributed by atoms with Crippen molar-refractivity contribution in [3.8, 4) is 5.75 Å². The molecule has 0 saturated carbocycles. The molecule has 1 unspecified atom stereocenters. The Morgan fingerprint density at radius 1 is 1.39 bits per heavy atom. The van der Waals surface area contributed by atoms with E-state index in [1.54, 1.807) is 6.07 Å². The number of hydrogen-bond donors (Lipinski definition) is 2. The number of ether oxygens (including phenoxy) is 1. The van der Waals surface area contributed by atoms with E-state index in [9.17, 15) is 9.90 Å². The van der Waals surface area contributed by atoms with Gasteiger partial charge in [0.1, 0.15) is 5.75 Å². The number of aliphatic hydroxyl groups is 1. The molecule has 0 heterocycles. The standard InChI is InChI=1S/C14H20O4/c1-14(2,3)9-5-6-12(18-4)10(7-9)11(15)8-13(16)17/h5-7,11,15H,8H2,1-4H3,(H,16,17). The fourth-order valence-corrected chi connectivity index (χ4v) is 1.74. The van der Waals surface area contributed by atoms with Crippen molar-refractivity contribution in [2.75, 3.05) is 7.11 Å². The van der Waals surface area contributed by atoms with Gasteiger partial charge in [0.05, 0.1) is 19.6 Å². The summed E-state index contributed by atoms with van der Waals surface area (Å²) in [5.41, 5.74) is 1.49. The summed E-state index contributed by atoms with van der Waals surface area (Å²) in [4.78, 5) is 10.7. The quantitative estimate of drug-likeness (QED) is 0.864. The van der Waals surface area contributed by atoms with E-state index in [-0.39, 0.29) is 11.8 Å². The summed E-state index contributed by atoms with van der Waals surface area (Å²) in [6, 6.07) is 5.50. The van der Waals surface area contributed by atoms with Gasteiger partial charge in [0.15, 0.2) is 0 Å². The average molecular weight is 252 g/mol. The molecule has 18 heavy (non-hydrogen) atoms. The van der Waals surface area contributed by atoms with Crippen molar-refractivity contribution in [3.63, 3.8) is 0 Å². The van der Waals surface area contributed by atoms with Crippen LogP contribution in [0.3, 0.4) is 0 Å². The molecule has 4 nitrogen and oxygen atoms in total. The van der Waals surface area contributed by atoms with Gasteiger partial charge in [0, 0.05) is 5.56 Å². The van der Waals surface area contributed by atoms with Crippen LogP contribution in [-0.4, -0.2) is 23.3 Å². The topological polar surface area (TPSA) is 66.8 Å². The Balaban J connectivity index is 3.17. The van der Waals surface area contributed by atoms with E-state index in [4.69, 9.17) is 9.84 Å². The first-order valence-electron chi connectivity index (χ1n) is 5.84. The second kappa shape index (κ2) is 5.40. The molecule has 0 spiro atoms. The molecule has 1 rings (SSSR count). The number of carboxylic acids is 1. The van der Waals surface area contributed by atoms with E-state index < -0.39 is 12.1 Å². The van der Waals surface area contributed by atoms with Crippen LogP contribution in [0, 0.1) is 0 Å². The van der Waals surface area contributed by atoms with Crippen molar-refractivity contribution in [2.45, 2.75) is 38.7 Å². The van der Waals surface area contributed by atoms with Crippen LogP contribution in [0.2, 0.25) is 0 Å². The lowest BCUT2D eigenvalue weighted by Crippen LogP contribution is -2.13. The molecule has 1 atom stereocenters. The molecule has 4 heteroatoms. The molecule has 0 aliphatic rings. The van der Waals surface area contributed by atoms with Gasteiger partial charge in [-0.15, -0.1) is 0 Å². The van der Waals surface area contributed by atoms with E-state index in [0.29, 0.717) is 11.3 Å². The Hall–Kier alpha value is -1.55. The molecule has 0 aromatic heterocycles. The second-order valence-corrected chi connectivity index (χ2v) is 5.32. The van der Waals surface area contributed by atoms with Crippen molar-refractivity contribution < 1.29 is 19.7 Å². The van der Waals surface area contributed by atoms with Crippen LogP contribution in [0.1, 0.15) is 44.4 Å². The monoisotopic (exact) mass is 252 g/mol. The van der Waals surface area contributed by atoms with Gasteiger partial charge in [-0.25, -0.2) is 0 Å². The Kier molecular flexibility index (Phi) is 4.35. The summed E-state index contributed by atoms with van der Waals surface area (Å²) in [5, 5.41) is 18.7. The second-order valence-electron chi connectivity index (χ2n) is 5.32. The van der Waals surface area contributed by atoms with Gasteiger partial charge in [0.2, 0.25) is 0 Å². The first kappa shape index (κ1) is 14.5. The summed E-state index contributed by atoms with van der Waals surface area (Å²) in [6.45, 7) is 6.17. The fraction of sp³-hybridized carbons (Fsp3) is 0.500. The molecular weight excluding hydrogens is 232 g/mol. The first-order chi connectivity index (χ1) is 8.25. The summed E-state index contributed by atoms with van der Waals surface area (Å²) in [6.07, 6.45) is -1.39. The molecular formula is C14H20O4. The smallest absolute Gasteiger partial charge is 0.306 e. The van der Waals surface area contributed by atoms with E-state index >= 15 is 0 Å². The fourth-order valence-electron chi connectivity index (χ4n) is 1.74. The number of rotatable bonds is 4. The number of hydrogen-bond acceptors (Lipinski definition) is 3. The van der Waals surface area contributed by atoms with Gasteiger partial charge in [-0.1, -0.05) is 26.8 Å². The van der Waals surface area contributed by atoms with Crippen molar-refractivity contribution >= 4 is 5.97 Å². The van der Waals surface area contributed by atoms with Crippen LogP contribution in [0.4, 0.5) is 0 Å². The molecule has 0 aliphatic heterocycles. The van der Waals surface area contributed by atoms with Crippen LogP contribution in [0.15, 0.2) is 18.2 Å². The predicted molar refractivity (Wildman–Crippen MR) is 68.9 cm³/mol. The van der Waals surface area contributed by atoms with Crippen LogP contribution >= 0.6 is 0 Å². The average Bonchev–Trinajstić information content (AvgIpc) is 2.26. The van der Waals surface area contributed by atoms with E-state index in [2.05, 4.69) is 20.8 Å². The van der Waals surface area contributed by atoms with Gasteiger partial charge in [-0.2, -0.15) is 0 Å². The highest BCUT2D eigenvalue weighted by Crippen LogP contribution is 2.32. The molecule has 100 valence electrons. The number of carbonyl (C=O) groups is 1. The zero-order chi connectivity index (χ0) is 13.9. The van der Waals surface area contributed by atoms with Crippen molar-refractivity contribution in [1.29, 1.82) is 0 Å². The lowest BCUT2D eigenvalue weighted by molar-refractivity contribution is -0.139. The first-order valence-corrected chi connectivity index (χ1v) is 5.84. The Morgan fingerprint density at radius 2 is 2.00 bits per heavy atom. The number of benzene rings is 1. The highest BCUT2D eigenvalue weighted by molar-refractivity contribution is 5.68. The van der Waals surface area contributed by atoms with Gasteiger partial charge >= 0.3 is 5.97 Å². The zero-order valence-electron chi connectivity index (χ0n) is 11.2. The van der Waals surface area contributed by atoms with Crippen molar-refractivity contribution in [1.82, 2.24) is 0 Å². The molecule has 0 saturated heterocycles. The lowest BCUT2D eigenvalue weighted by atomic mass is 9.85. The summed E-state index contributed by atoms with van der Waals surface area (Å²) < 4.78 is 5.16. The Bertz CT molecular complexity index is 432. The number of aliphatic hydroxyl groups excluding tert-OH is 1. The zero-order valence-corrected chi connectivity index (χ0v) is 11.2. The SMILES string of the molecule is COc1ccc(C(C)(C)C)cc1C(O)CC(=O)O. The molecule has 2 N–H and O–H groups in total. The van der Waals surface area contributed by atoms with Gasteiger partial charge in [0.25, 0.3) is 0 Å². The highest BCUT2D eigenvalue weighted by atomic mass is 16.5. The maximum absolute atomic E-state index is 10.7. The molecule has 0 fully saturated rings. The molecule has 0 aliphatic carbocycles. The number of methoxy groups -OCH3 is 1. The van der Waals surface area contributed by atoms with E-state index in [0.717, 1.165) is 5.56 Å². The molecule has 1 aromatic rings. The minimum Gasteiger partial charge on any atom is -0.496 e. The predicted octanol–water partition coefficient (Wildman–Crippen LogP) is 2.50. The molecule has 1 aromatic carbocycles. The van der Waals surface area contributed by atoms with Crippen LogP contribution in [0.5, 0.6) is 5.75 Å². The van der Waals surface area contributed by atoms with Crippen LogP contribution in [0.25, 0.3) is 0 Å². The van der Waals surface area contributed by atoms with Crippen molar-refractivity contribution in [2.24, 2.45) is 0 Å². The van der Waals surface area contributed by atoms with Gasteiger partial charge in [-0.05, 0) is 23.1 Å². The third-order valence-corrected chi connectivity index (χ3v) is 2.82. The Morgan fingerprint density at radius 3 is 2.44 bits per heavy atom. The third-order valence-electron chi connectivity index (χ3n) is 2.82. The third kappa shape index (κ3) is 3.47. The van der Waals surface area contributed by atoms with Crippen LogP contribution in [-0.2, 0) is 10.2 Å². The maximum atomic E-state index is 10.7. The minimum atomic E-state index is -1.06. The molecule has 0 amide bonds. The Labute approximate surface area is 107 Å². The van der Waals surface area contributed by atoms with Crippen LogP contribution < -0.4 is 4.74 Å². The molecule has 0 radical (unpaired) electrons. The summed E-state index contributed by atoms with van der Waals surface area (Å²) in [5.74, 6) is -0.525. The number of aliphatic carboxylic acids is 1. The lowest BCUT2D eigenvalue weighted by Gasteiger charge is -2.22. The molecule has 0 bridgehead atoms. The number of carboxylic acid groups (broad SMARTS) is 1. The van der Waals surface area contributed by atoms with Crippen molar-refractivity contribution in [3.05, 3.63) is 29.3 Å². The van der Waals surface area contributed by atoms with E-state index in [1.807, 2.05) is 12.1 Å². The summed E-state index contributed by atoms with van der Waals surface area (Å²) in [7, 11) is 1.50.